The van der Waals surface area contributed by atoms with E-state index in [4.69, 9.17) is 0 Å². The maximum atomic E-state index is 12.1. The van der Waals surface area contributed by atoms with Crippen molar-refractivity contribution in [3.05, 3.63) is 40.5 Å². The van der Waals surface area contributed by atoms with Crippen LogP contribution in [-0.2, 0) is 0 Å². The van der Waals surface area contributed by atoms with E-state index in [0.717, 1.165) is 11.3 Å². The molecule has 0 saturated heterocycles. The third kappa shape index (κ3) is 4.30. The smallest absolute Gasteiger partial charge is 0.270 e. The summed E-state index contributed by atoms with van der Waals surface area (Å²) in [6.45, 7) is 2.55. The number of likely N-dealkylation sites (N-methyl/N-ethyl adjacent to an activating group) is 1. The number of carbonyl (C=O) groups excluding carboxylic acids is 1. The number of halogens is 2. The van der Waals surface area contributed by atoms with E-state index < -0.39 is 0 Å². The van der Waals surface area contributed by atoms with Gasteiger partial charge in [0.2, 0.25) is 0 Å². The van der Waals surface area contributed by atoms with Crippen LogP contribution in [0.15, 0.2) is 34.8 Å². The van der Waals surface area contributed by atoms with Gasteiger partial charge in [-0.1, -0.05) is 30.3 Å². The third-order valence-corrected chi connectivity index (χ3v) is 3.81. The van der Waals surface area contributed by atoms with Crippen molar-refractivity contribution in [2.45, 2.75) is 13.0 Å². The number of aromatic nitrogens is 2. The number of aromatic amines is 1. The van der Waals surface area contributed by atoms with Crippen molar-refractivity contribution in [2.75, 3.05) is 13.6 Å². The van der Waals surface area contributed by atoms with E-state index in [0.29, 0.717) is 16.7 Å². The van der Waals surface area contributed by atoms with Crippen LogP contribution < -0.4 is 10.6 Å². The number of H-pyrrole nitrogens is 1. The van der Waals surface area contributed by atoms with Gasteiger partial charge in [-0.3, -0.25) is 9.89 Å². The third-order valence-electron chi connectivity index (χ3n) is 3.04. The Bertz CT molecular complexity index is 588. The van der Waals surface area contributed by atoms with Gasteiger partial charge in [0.05, 0.1) is 4.47 Å². The average molecular weight is 374 g/mol. The molecule has 1 amide bonds. The summed E-state index contributed by atoms with van der Waals surface area (Å²) in [5.41, 5.74) is 2.13. The number of carbonyl (C=O) groups is 1. The zero-order valence-electron chi connectivity index (χ0n) is 11.8. The summed E-state index contributed by atoms with van der Waals surface area (Å²) >= 11 is 3.44. The Labute approximate surface area is 138 Å². The van der Waals surface area contributed by atoms with Crippen LogP contribution in [0.2, 0.25) is 0 Å². The van der Waals surface area contributed by atoms with Gasteiger partial charge in [0.1, 0.15) is 11.4 Å². The van der Waals surface area contributed by atoms with Crippen LogP contribution >= 0.6 is 28.3 Å². The molecule has 1 unspecified atom stereocenters. The molecule has 114 valence electrons. The standard InChI is InChI=1S/C14H17BrN4O.ClH/c1-9(16-2)8-17-14(20)13-11(15)12(18-19-13)10-6-4-3-5-7-10;/h3-7,9,16H,8H2,1-2H3,(H,17,20)(H,18,19);1H. The molecule has 0 fully saturated rings. The first-order valence-corrected chi connectivity index (χ1v) is 7.17. The van der Waals surface area contributed by atoms with E-state index in [9.17, 15) is 4.79 Å². The van der Waals surface area contributed by atoms with Crippen molar-refractivity contribution < 1.29 is 4.79 Å². The number of nitrogens with one attached hydrogen (secondary N) is 3. The summed E-state index contributed by atoms with van der Waals surface area (Å²) in [5.74, 6) is -0.173. The molecular formula is C14H18BrClN4O. The zero-order chi connectivity index (χ0) is 14.5. The Balaban J connectivity index is 0.00000220. The molecule has 1 heterocycles. The molecule has 0 aliphatic carbocycles. The van der Waals surface area contributed by atoms with Crippen molar-refractivity contribution in [1.82, 2.24) is 20.8 Å². The molecule has 2 rings (SSSR count). The Morgan fingerprint density at radius 2 is 2.05 bits per heavy atom. The first-order chi connectivity index (χ1) is 9.63. The van der Waals surface area contributed by atoms with E-state index >= 15 is 0 Å². The molecule has 0 aliphatic rings. The summed E-state index contributed by atoms with van der Waals surface area (Å²) in [5, 5.41) is 12.9. The Kier molecular flexibility index (Phi) is 6.87. The molecule has 0 saturated carbocycles. The highest BCUT2D eigenvalue weighted by Crippen LogP contribution is 2.28. The second kappa shape index (κ2) is 8.17. The largest absolute Gasteiger partial charge is 0.349 e. The molecule has 0 aliphatic heterocycles. The van der Waals surface area contributed by atoms with Gasteiger partial charge in [0.15, 0.2) is 0 Å². The number of rotatable bonds is 5. The second-order valence-corrected chi connectivity index (χ2v) is 5.32. The van der Waals surface area contributed by atoms with Crippen LogP contribution in [-0.4, -0.2) is 35.7 Å². The lowest BCUT2D eigenvalue weighted by molar-refractivity contribution is 0.0945. The van der Waals surface area contributed by atoms with E-state index in [1.165, 1.54) is 0 Å². The Morgan fingerprint density at radius 3 is 2.67 bits per heavy atom. The summed E-state index contributed by atoms with van der Waals surface area (Å²) in [6.07, 6.45) is 0. The van der Waals surface area contributed by atoms with Crippen LogP contribution in [0.4, 0.5) is 0 Å². The molecule has 1 aromatic carbocycles. The Hall–Kier alpha value is -1.37. The minimum atomic E-state index is -0.173. The summed E-state index contributed by atoms with van der Waals surface area (Å²) in [4.78, 5) is 12.1. The lowest BCUT2D eigenvalue weighted by Crippen LogP contribution is -2.37. The number of hydrogen-bond acceptors (Lipinski definition) is 3. The fourth-order valence-electron chi connectivity index (χ4n) is 1.70. The topological polar surface area (TPSA) is 69.8 Å². The number of benzene rings is 1. The molecule has 5 nitrogen and oxygen atoms in total. The predicted octanol–water partition coefficient (Wildman–Crippen LogP) is 2.60. The molecule has 1 atom stereocenters. The maximum absolute atomic E-state index is 12.1. The van der Waals surface area contributed by atoms with E-state index in [2.05, 4.69) is 36.8 Å². The molecule has 1 aromatic heterocycles. The highest BCUT2D eigenvalue weighted by atomic mass is 79.9. The average Bonchev–Trinajstić information content (AvgIpc) is 2.87. The highest BCUT2D eigenvalue weighted by Gasteiger charge is 2.18. The summed E-state index contributed by atoms with van der Waals surface area (Å²) < 4.78 is 0.679. The van der Waals surface area contributed by atoms with Crippen molar-refractivity contribution in [3.8, 4) is 11.3 Å². The van der Waals surface area contributed by atoms with Gasteiger partial charge in [-0.05, 0) is 29.9 Å². The second-order valence-electron chi connectivity index (χ2n) is 4.53. The van der Waals surface area contributed by atoms with Crippen molar-refractivity contribution >= 4 is 34.2 Å². The Morgan fingerprint density at radius 1 is 1.38 bits per heavy atom. The molecule has 7 heteroatoms. The normalized spacial score (nSPS) is 11.6. The van der Waals surface area contributed by atoms with Gasteiger partial charge in [-0.2, -0.15) is 5.10 Å². The lowest BCUT2D eigenvalue weighted by atomic mass is 10.1. The van der Waals surface area contributed by atoms with Gasteiger partial charge in [0.25, 0.3) is 5.91 Å². The molecule has 21 heavy (non-hydrogen) atoms. The fraction of sp³-hybridized carbons (Fsp3) is 0.286. The van der Waals surface area contributed by atoms with E-state index in [-0.39, 0.29) is 24.4 Å². The van der Waals surface area contributed by atoms with E-state index in [1.54, 1.807) is 0 Å². The van der Waals surface area contributed by atoms with Crippen LogP contribution in [0.25, 0.3) is 11.3 Å². The lowest BCUT2D eigenvalue weighted by Gasteiger charge is -2.10. The predicted molar refractivity (Wildman–Crippen MR) is 89.8 cm³/mol. The van der Waals surface area contributed by atoms with Crippen LogP contribution in [0.5, 0.6) is 0 Å². The number of amides is 1. The van der Waals surface area contributed by atoms with Crippen LogP contribution in [0.3, 0.4) is 0 Å². The molecule has 0 bridgehead atoms. The molecule has 3 N–H and O–H groups in total. The van der Waals surface area contributed by atoms with Crippen molar-refractivity contribution in [3.63, 3.8) is 0 Å². The zero-order valence-corrected chi connectivity index (χ0v) is 14.2. The number of nitrogens with zero attached hydrogens (tertiary/aromatic N) is 1. The van der Waals surface area contributed by atoms with Gasteiger partial charge in [-0.15, -0.1) is 12.4 Å². The van der Waals surface area contributed by atoms with Gasteiger partial charge in [-0.25, -0.2) is 0 Å². The first-order valence-electron chi connectivity index (χ1n) is 6.38. The highest BCUT2D eigenvalue weighted by molar-refractivity contribution is 9.10. The molecule has 0 spiro atoms. The monoisotopic (exact) mass is 372 g/mol. The quantitative estimate of drug-likeness (QED) is 0.754. The summed E-state index contributed by atoms with van der Waals surface area (Å²) in [6, 6.07) is 9.93. The SMILES string of the molecule is CNC(C)CNC(=O)c1[nH]nc(-c2ccccc2)c1Br.Cl. The molecular weight excluding hydrogens is 356 g/mol. The summed E-state index contributed by atoms with van der Waals surface area (Å²) in [7, 11) is 1.86. The molecule has 2 aromatic rings. The number of hydrogen-bond donors (Lipinski definition) is 3. The van der Waals surface area contributed by atoms with Gasteiger partial charge < -0.3 is 10.6 Å². The van der Waals surface area contributed by atoms with E-state index in [1.807, 2.05) is 44.3 Å². The fourth-order valence-corrected chi connectivity index (χ4v) is 2.29. The van der Waals surface area contributed by atoms with Crippen molar-refractivity contribution in [1.29, 1.82) is 0 Å². The van der Waals surface area contributed by atoms with Gasteiger partial charge >= 0.3 is 0 Å². The molecule has 0 radical (unpaired) electrons. The first kappa shape index (κ1) is 17.7. The van der Waals surface area contributed by atoms with Crippen molar-refractivity contribution in [2.24, 2.45) is 0 Å². The van der Waals surface area contributed by atoms with Gasteiger partial charge in [0, 0.05) is 18.2 Å². The maximum Gasteiger partial charge on any atom is 0.270 e. The minimum Gasteiger partial charge on any atom is -0.349 e. The van der Waals surface area contributed by atoms with Crippen LogP contribution in [0, 0.1) is 0 Å². The minimum absolute atomic E-state index is 0. The van der Waals surface area contributed by atoms with Crippen LogP contribution in [0.1, 0.15) is 17.4 Å².